The van der Waals surface area contributed by atoms with E-state index in [4.69, 9.17) is 27.3 Å². The van der Waals surface area contributed by atoms with E-state index in [2.05, 4.69) is 60.6 Å². The first-order valence-electron chi connectivity index (χ1n) is 9.37. The number of halogens is 2. The summed E-state index contributed by atoms with van der Waals surface area (Å²) in [6.45, 7) is 25.5. The van der Waals surface area contributed by atoms with Gasteiger partial charge in [0.05, 0.1) is 0 Å². The van der Waals surface area contributed by atoms with E-state index < -0.39 is 16.6 Å². The maximum atomic E-state index is 6.11. The van der Waals surface area contributed by atoms with E-state index in [1.165, 1.54) is 0 Å². The van der Waals surface area contributed by atoms with Gasteiger partial charge in [-0.3, -0.25) is 0 Å². The summed E-state index contributed by atoms with van der Waals surface area (Å²) in [5.74, 6) is 0. The Hall–Kier alpha value is 1.00. The van der Waals surface area contributed by atoms with E-state index in [0.29, 0.717) is 10.3 Å². The molecule has 0 spiro atoms. The van der Waals surface area contributed by atoms with Crippen molar-refractivity contribution in [3.8, 4) is 0 Å². The third-order valence-corrected chi connectivity index (χ3v) is 10.9. The summed E-state index contributed by atoms with van der Waals surface area (Å²) in [6, 6.07) is 3.93. The first-order valence-corrected chi connectivity index (χ1v) is 16.1. The van der Waals surface area contributed by atoms with Gasteiger partial charge in [-0.1, -0.05) is 63.7 Å². The minimum Gasteiger partial charge on any atom is -0.455 e. The van der Waals surface area contributed by atoms with Crippen LogP contribution in [0.4, 0.5) is 0 Å². The molecule has 0 N–H and O–H groups in total. The van der Waals surface area contributed by atoms with Crippen molar-refractivity contribution in [3.05, 3.63) is 42.9 Å². The van der Waals surface area contributed by atoms with Crippen LogP contribution in [0.3, 0.4) is 0 Å². The van der Waals surface area contributed by atoms with Crippen LogP contribution in [0.5, 0.6) is 0 Å². The first-order chi connectivity index (χ1) is 12.0. The smallest absolute Gasteiger partial charge is 0.210 e. The number of hydrogen-bond acceptors (Lipinski definition) is 3. The van der Waals surface area contributed by atoms with E-state index in [-0.39, 0.29) is 21.1 Å². The van der Waals surface area contributed by atoms with Gasteiger partial charge in [0.15, 0.2) is 16.6 Å². The van der Waals surface area contributed by atoms with Gasteiger partial charge in [0.2, 0.25) is 6.67 Å². The quantitative estimate of drug-likeness (QED) is 0.206. The first kappa shape index (κ1) is 30.2. The Morgan fingerprint density at radius 2 is 1.22 bits per heavy atom. The second kappa shape index (κ2) is 14.9. The van der Waals surface area contributed by atoms with E-state index in [1.807, 2.05) is 21.9 Å². The molecule has 0 saturated carbocycles. The Labute approximate surface area is 195 Å². The minimum absolute atomic E-state index is 0. The normalized spacial score (nSPS) is 14.9. The molecule has 0 unspecified atom stereocenters. The van der Waals surface area contributed by atoms with Crippen molar-refractivity contribution >= 4 is 39.8 Å². The molecule has 27 heavy (non-hydrogen) atoms. The Bertz CT molecular complexity index is 402. The summed E-state index contributed by atoms with van der Waals surface area (Å²) in [5, 5.41) is 1.22. The van der Waals surface area contributed by atoms with Gasteiger partial charge in [-0.15, -0.1) is 0 Å². The molecular formula is C19H36Cl2N2OPtSi2. The van der Waals surface area contributed by atoms with Gasteiger partial charge in [0.1, 0.15) is 10.3 Å². The van der Waals surface area contributed by atoms with E-state index >= 15 is 0 Å². The molecule has 160 valence electrons. The molecule has 8 heteroatoms. The van der Waals surface area contributed by atoms with Gasteiger partial charge < -0.3 is 13.9 Å². The van der Waals surface area contributed by atoms with Crippen LogP contribution in [0, 0.1) is 32.6 Å². The van der Waals surface area contributed by atoms with Crippen LogP contribution in [0.2, 0.25) is 26.2 Å². The summed E-state index contributed by atoms with van der Waals surface area (Å²) in [6.07, 6.45) is 4.51. The molecule has 0 atom stereocenters. The SMILES string of the molecule is CCCCN1[C]N(CCCC)C(Cl)=C1Cl.[CH2][CH][Si](C)(C)O[Si](C)(C)[CH][CH2].[Pt]. The number of unbranched alkanes of at least 4 members (excludes halogenated alkanes) is 2. The zero-order valence-electron chi connectivity index (χ0n) is 17.7. The van der Waals surface area contributed by atoms with Crippen LogP contribution in [0.1, 0.15) is 39.5 Å². The van der Waals surface area contributed by atoms with E-state index in [1.54, 1.807) is 0 Å². The van der Waals surface area contributed by atoms with Crippen LogP contribution in [0.25, 0.3) is 0 Å². The monoisotopic (exact) mass is 629 g/mol. The third-order valence-electron chi connectivity index (χ3n) is 3.87. The summed E-state index contributed by atoms with van der Waals surface area (Å²) in [5.41, 5.74) is 0. The third kappa shape index (κ3) is 12.3. The Morgan fingerprint density at radius 3 is 1.48 bits per heavy atom. The summed E-state index contributed by atoms with van der Waals surface area (Å²) in [7, 11) is -3.16. The predicted octanol–water partition coefficient (Wildman–Crippen LogP) is 6.37. The topological polar surface area (TPSA) is 15.7 Å². The zero-order chi connectivity index (χ0) is 20.4. The van der Waals surface area contributed by atoms with Crippen LogP contribution in [0.15, 0.2) is 10.3 Å². The molecule has 0 aromatic carbocycles. The average Bonchev–Trinajstić information content (AvgIpc) is 2.85. The molecule has 1 rings (SSSR count). The molecule has 0 fully saturated rings. The molecule has 6 radical (unpaired) electrons. The molecule has 0 aliphatic carbocycles. The number of hydrogen-bond donors (Lipinski definition) is 0. The van der Waals surface area contributed by atoms with Crippen LogP contribution < -0.4 is 0 Å². The van der Waals surface area contributed by atoms with Crippen molar-refractivity contribution in [2.75, 3.05) is 13.1 Å². The molecule has 1 aliphatic heterocycles. The summed E-state index contributed by atoms with van der Waals surface area (Å²) >= 11 is 12.2. The predicted molar refractivity (Wildman–Crippen MR) is 121 cm³/mol. The van der Waals surface area contributed by atoms with Crippen LogP contribution >= 0.6 is 23.2 Å². The van der Waals surface area contributed by atoms with Crippen molar-refractivity contribution in [2.24, 2.45) is 0 Å². The molecule has 1 aliphatic rings. The van der Waals surface area contributed by atoms with Gasteiger partial charge in [0, 0.05) is 34.2 Å². The zero-order valence-corrected chi connectivity index (χ0v) is 23.5. The maximum Gasteiger partial charge on any atom is 0.210 e. The molecule has 3 nitrogen and oxygen atoms in total. The fourth-order valence-electron chi connectivity index (χ4n) is 2.15. The number of nitrogens with zero attached hydrogens (tertiary/aromatic N) is 2. The second-order valence-electron chi connectivity index (χ2n) is 7.41. The molecule has 0 bridgehead atoms. The van der Waals surface area contributed by atoms with Gasteiger partial charge in [0.25, 0.3) is 0 Å². The standard InChI is InChI=1S/C11H18Cl2N2.C8H18OSi2.Pt/c1-3-5-7-14-9-15(8-6-4-2)11(13)10(14)12;1-7-10(3,4)9-11(5,6)8-2;/h3-8H2,1-2H3;7-8H,1-2H2,3-6H3;. The largest absolute Gasteiger partial charge is 0.455 e. The van der Waals surface area contributed by atoms with Gasteiger partial charge in [-0.25, -0.2) is 0 Å². The Kier molecular flexibility index (Phi) is 16.7. The minimum atomic E-state index is -1.58. The second-order valence-corrected chi connectivity index (χ2v) is 16.2. The van der Waals surface area contributed by atoms with Gasteiger partial charge in [-0.2, -0.15) is 0 Å². The van der Waals surface area contributed by atoms with Crippen molar-refractivity contribution in [1.29, 1.82) is 0 Å². The Balaban J connectivity index is 0. The molecular weight excluding hydrogens is 594 g/mol. The van der Waals surface area contributed by atoms with Crippen molar-refractivity contribution < 1.29 is 25.2 Å². The molecule has 0 amide bonds. The van der Waals surface area contributed by atoms with Crippen molar-refractivity contribution in [3.63, 3.8) is 0 Å². The number of rotatable bonds is 10. The summed E-state index contributed by atoms with van der Waals surface area (Å²) < 4.78 is 5.97. The van der Waals surface area contributed by atoms with E-state index in [9.17, 15) is 0 Å². The van der Waals surface area contributed by atoms with Crippen molar-refractivity contribution in [2.45, 2.75) is 65.7 Å². The Morgan fingerprint density at radius 1 is 0.889 bits per heavy atom. The summed E-state index contributed by atoms with van der Waals surface area (Å²) in [4.78, 5) is 3.81. The fourth-order valence-corrected chi connectivity index (χ4v) is 8.69. The maximum absolute atomic E-state index is 6.11. The molecule has 0 aromatic heterocycles. The van der Waals surface area contributed by atoms with Crippen LogP contribution in [-0.2, 0) is 25.2 Å². The van der Waals surface area contributed by atoms with Crippen molar-refractivity contribution in [1.82, 2.24) is 9.80 Å². The van der Waals surface area contributed by atoms with Crippen LogP contribution in [-0.4, -0.2) is 39.5 Å². The van der Waals surface area contributed by atoms with E-state index in [0.717, 1.165) is 38.8 Å². The average molecular weight is 631 g/mol. The molecule has 1 heterocycles. The molecule has 0 saturated heterocycles. The van der Waals surface area contributed by atoms with Gasteiger partial charge in [-0.05, 0) is 51.1 Å². The fraction of sp³-hybridized carbons (Fsp3) is 0.632. The molecule has 0 aromatic rings. The van der Waals surface area contributed by atoms with Gasteiger partial charge >= 0.3 is 0 Å².